The third kappa shape index (κ3) is 4.15. The fraction of sp³-hybridized carbons (Fsp3) is 0.250. The minimum Gasteiger partial charge on any atom is -0.410 e. The van der Waals surface area contributed by atoms with Crippen LogP contribution < -0.4 is 11.2 Å². The van der Waals surface area contributed by atoms with Crippen LogP contribution in [0.1, 0.15) is 6.92 Å². The minimum absolute atomic E-state index is 0.160. The number of nitrogens with two attached hydrogens (primary N) is 1. The van der Waals surface area contributed by atoms with Crippen LogP contribution in [0.2, 0.25) is 0 Å². The summed E-state index contributed by atoms with van der Waals surface area (Å²) in [5.74, 6) is 0. The van der Waals surface area contributed by atoms with Crippen molar-refractivity contribution in [1.29, 1.82) is 0 Å². The highest BCUT2D eigenvalue weighted by Crippen LogP contribution is 1.87. The van der Waals surface area contributed by atoms with Crippen molar-refractivity contribution in [3.63, 3.8) is 0 Å². The van der Waals surface area contributed by atoms with Crippen LogP contribution in [0.4, 0.5) is 4.79 Å². The fourth-order valence-electron chi connectivity index (χ4n) is 0.257. The molecule has 0 aromatic rings. The molecule has 0 atom stereocenters. The van der Waals surface area contributed by atoms with Crippen molar-refractivity contribution in [2.75, 3.05) is 0 Å². The number of nitrogens with one attached hydrogen (secondary N) is 1. The van der Waals surface area contributed by atoms with Crippen LogP contribution in [0.5, 0.6) is 0 Å². The van der Waals surface area contributed by atoms with Gasteiger partial charge in [-0.1, -0.05) is 16.8 Å². The van der Waals surface area contributed by atoms with Crippen molar-refractivity contribution in [3.8, 4) is 0 Å². The summed E-state index contributed by atoms with van der Waals surface area (Å²) in [4.78, 5) is 10.1. The van der Waals surface area contributed by atoms with Gasteiger partial charge in [0.25, 0.3) is 0 Å². The van der Waals surface area contributed by atoms with Gasteiger partial charge in [-0.15, -0.1) is 0 Å². The smallest absolute Gasteiger partial charge is 0.332 e. The van der Waals surface area contributed by atoms with Crippen molar-refractivity contribution < 1.29 is 10.0 Å². The number of hydrogen-bond acceptors (Lipinski definition) is 4. The number of halogens is 1. The maximum atomic E-state index is 10.1. The van der Waals surface area contributed by atoms with Gasteiger partial charge in [0.1, 0.15) is 0 Å². The summed E-state index contributed by atoms with van der Waals surface area (Å²) in [6, 6.07) is -0.813. The Morgan fingerprint density at radius 2 is 2.27 bits per heavy atom. The monoisotopic (exact) mass is 178 g/mol. The molecule has 0 radical (unpaired) electrons. The Hall–Kier alpha value is -1.30. The molecule has 6 nitrogen and oxygen atoms in total. The highest BCUT2D eigenvalue weighted by molar-refractivity contribution is 6.83. The van der Waals surface area contributed by atoms with Crippen LogP contribution in [0, 0.1) is 0 Å². The molecule has 4 N–H and O–H groups in total. The van der Waals surface area contributed by atoms with Crippen molar-refractivity contribution >= 4 is 28.5 Å². The van der Waals surface area contributed by atoms with E-state index in [0.717, 1.165) is 0 Å². The molecule has 0 spiro atoms. The molecule has 0 rings (SSSR count). The molecule has 7 heteroatoms. The molecule has 11 heavy (non-hydrogen) atoms. The van der Waals surface area contributed by atoms with Crippen LogP contribution in [-0.2, 0) is 0 Å². The zero-order valence-corrected chi connectivity index (χ0v) is 6.46. The number of rotatable bonds is 2. The third-order valence-electron chi connectivity index (χ3n) is 0.720. The van der Waals surface area contributed by atoms with Gasteiger partial charge < -0.3 is 10.9 Å². The van der Waals surface area contributed by atoms with Crippen LogP contribution in [0.15, 0.2) is 10.3 Å². The first-order valence-electron chi connectivity index (χ1n) is 2.55. The lowest BCUT2D eigenvalue weighted by Crippen LogP contribution is -2.26. The van der Waals surface area contributed by atoms with Gasteiger partial charge >= 0.3 is 6.03 Å². The van der Waals surface area contributed by atoms with Gasteiger partial charge in [-0.25, -0.2) is 10.2 Å². The summed E-state index contributed by atoms with van der Waals surface area (Å²) in [6.45, 7) is 1.44. The highest BCUT2D eigenvalue weighted by Gasteiger charge is 1.99. The highest BCUT2D eigenvalue weighted by atomic mass is 35.5. The van der Waals surface area contributed by atoms with E-state index in [2.05, 4.69) is 16.0 Å². The molecular formula is C4H7ClN4O2. The Balaban J connectivity index is 4.12. The molecule has 0 aliphatic heterocycles. The van der Waals surface area contributed by atoms with Gasteiger partial charge in [-0.05, 0) is 6.92 Å². The van der Waals surface area contributed by atoms with Gasteiger partial charge in [0, 0.05) is 0 Å². The van der Waals surface area contributed by atoms with E-state index in [1.807, 2.05) is 5.43 Å². The predicted molar refractivity (Wildman–Crippen MR) is 40.9 cm³/mol. The van der Waals surface area contributed by atoms with Gasteiger partial charge in [0.15, 0.2) is 5.17 Å². The number of hydrazone groups is 1. The van der Waals surface area contributed by atoms with E-state index in [-0.39, 0.29) is 10.9 Å². The number of carbonyl (C=O) groups excluding carboxylic acids is 1. The quantitative estimate of drug-likeness (QED) is 0.316. The summed E-state index contributed by atoms with van der Waals surface area (Å²) in [5, 5.41) is 13.9. The number of carbonyl (C=O) groups is 1. The van der Waals surface area contributed by atoms with Gasteiger partial charge in [0.05, 0.1) is 5.71 Å². The topological polar surface area (TPSA) is 100 Å². The zero-order valence-electron chi connectivity index (χ0n) is 5.71. The molecule has 0 bridgehead atoms. The number of hydrogen-bond donors (Lipinski definition) is 3. The first-order valence-corrected chi connectivity index (χ1v) is 2.93. The molecule has 62 valence electrons. The van der Waals surface area contributed by atoms with E-state index in [1.165, 1.54) is 6.92 Å². The molecule has 0 fully saturated rings. The maximum absolute atomic E-state index is 10.1. The SMILES string of the molecule is CC(=N\NC(N)=O)/C(Cl)=N/O. The summed E-state index contributed by atoms with van der Waals surface area (Å²) >= 11 is 5.28. The largest absolute Gasteiger partial charge is 0.410 e. The van der Waals surface area contributed by atoms with E-state index in [0.29, 0.717) is 0 Å². The van der Waals surface area contributed by atoms with Crippen molar-refractivity contribution in [2.24, 2.45) is 16.0 Å². The second-order valence-corrected chi connectivity index (χ2v) is 1.92. The standard InChI is InChI=1S/C4H7ClN4O2/c1-2(3(5)9-11)7-8-4(6)10/h11H,1H3,(H3,6,8,10)/b7-2+,9-3-. The van der Waals surface area contributed by atoms with Gasteiger partial charge in [-0.3, -0.25) is 0 Å². The molecule has 0 aliphatic rings. The van der Waals surface area contributed by atoms with Crippen LogP contribution in [-0.4, -0.2) is 22.1 Å². The Bertz CT molecular complexity index is 212. The Morgan fingerprint density at radius 1 is 1.73 bits per heavy atom. The van der Waals surface area contributed by atoms with Crippen molar-refractivity contribution in [3.05, 3.63) is 0 Å². The lowest BCUT2D eigenvalue weighted by atomic mass is 10.5. The van der Waals surface area contributed by atoms with Crippen molar-refractivity contribution in [1.82, 2.24) is 5.43 Å². The summed E-state index contributed by atoms with van der Waals surface area (Å²) in [7, 11) is 0. The van der Waals surface area contributed by atoms with E-state index >= 15 is 0 Å². The average molecular weight is 179 g/mol. The van der Waals surface area contributed by atoms with E-state index < -0.39 is 6.03 Å². The molecule has 0 aromatic heterocycles. The van der Waals surface area contributed by atoms with E-state index in [9.17, 15) is 4.79 Å². The normalized spacial score (nSPS) is 12.9. The molecule has 2 amide bonds. The molecule has 0 unspecified atom stereocenters. The maximum Gasteiger partial charge on any atom is 0.332 e. The molecule has 0 saturated carbocycles. The van der Waals surface area contributed by atoms with E-state index in [4.69, 9.17) is 16.8 Å². The molecule has 0 aromatic carbocycles. The molecular weight excluding hydrogens is 172 g/mol. The predicted octanol–water partition coefficient (Wildman–Crippen LogP) is 0.0571. The Morgan fingerprint density at radius 3 is 2.64 bits per heavy atom. The second kappa shape index (κ2) is 4.51. The fourth-order valence-corrected chi connectivity index (χ4v) is 0.300. The minimum atomic E-state index is -0.813. The lowest BCUT2D eigenvalue weighted by Gasteiger charge is -1.94. The lowest BCUT2D eigenvalue weighted by molar-refractivity contribution is 0.249. The third-order valence-corrected chi connectivity index (χ3v) is 1.07. The number of amides is 2. The number of urea groups is 1. The zero-order chi connectivity index (χ0) is 8.85. The summed E-state index contributed by atoms with van der Waals surface area (Å²) < 4.78 is 0. The van der Waals surface area contributed by atoms with Gasteiger partial charge in [0.2, 0.25) is 0 Å². The Labute approximate surface area is 67.7 Å². The number of primary amides is 1. The second-order valence-electron chi connectivity index (χ2n) is 1.56. The summed E-state index contributed by atoms with van der Waals surface area (Å²) in [5.41, 5.74) is 6.75. The van der Waals surface area contributed by atoms with Crippen LogP contribution in [0.25, 0.3) is 0 Å². The molecule has 0 heterocycles. The first-order chi connectivity index (χ1) is 5.07. The number of oxime groups is 1. The Kier molecular flexibility index (Phi) is 3.97. The van der Waals surface area contributed by atoms with Crippen molar-refractivity contribution in [2.45, 2.75) is 6.92 Å². The average Bonchev–Trinajstić information content (AvgIpc) is 1.98. The summed E-state index contributed by atoms with van der Waals surface area (Å²) in [6.07, 6.45) is 0. The molecule has 0 saturated heterocycles. The number of nitrogens with zero attached hydrogens (tertiary/aromatic N) is 2. The van der Waals surface area contributed by atoms with Crippen LogP contribution >= 0.6 is 11.6 Å². The molecule has 0 aliphatic carbocycles. The van der Waals surface area contributed by atoms with Crippen LogP contribution in [0.3, 0.4) is 0 Å². The van der Waals surface area contributed by atoms with E-state index in [1.54, 1.807) is 0 Å². The van der Waals surface area contributed by atoms with Gasteiger partial charge in [-0.2, -0.15) is 5.10 Å². The first kappa shape index (κ1) is 9.70.